The number of rotatable bonds is 7. The largest absolute Gasteiger partial charge is 0.352 e. The zero-order valence-electron chi connectivity index (χ0n) is 21.0. The number of carbonyl (C=O) groups excluding carboxylic acids is 2. The number of carbonyl (C=O) groups is 2. The molecule has 0 aliphatic heterocycles. The second kappa shape index (κ2) is 9.80. The SMILES string of the molecule is Cc1ccccc1NC(=O)Cn1nc2n(CC(C)C)c(=O)c3ccc(C(=O)NC(C)C)cc3n2c1=O. The van der Waals surface area contributed by atoms with Crippen LogP contribution in [0.15, 0.2) is 52.1 Å². The van der Waals surface area contributed by atoms with Crippen LogP contribution < -0.4 is 21.9 Å². The highest BCUT2D eigenvalue weighted by Crippen LogP contribution is 2.16. The van der Waals surface area contributed by atoms with Crippen LogP contribution in [0.2, 0.25) is 0 Å². The maximum Gasteiger partial charge on any atom is 0.352 e. The van der Waals surface area contributed by atoms with E-state index in [0.29, 0.717) is 17.8 Å². The lowest BCUT2D eigenvalue weighted by Gasteiger charge is -2.13. The van der Waals surface area contributed by atoms with Crippen LogP contribution in [0, 0.1) is 12.8 Å². The third-order valence-electron chi connectivity index (χ3n) is 5.72. The summed E-state index contributed by atoms with van der Waals surface area (Å²) in [5.41, 5.74) is 1.22. The van der Waals surface area contributed by atoms with E-state index in [1.807, 2.05) is 52.8 Å². The van der Waals surface area contributed by atoms with E-state index in [2.05, 4.69) is 15.7 Å². The zero-order chi connectivity index (χ0) is 26.1. The van der Waals surface area contributed by atoms with E-state index in [1.54, 1.807) is 18.2 Å². The number of benzene rings is 2. The normalized spacial score (nSPS) is 11.5. The molecule has 4 aromatic rings. The van der Waals surface area contributed by atoms with E-state index in [9.17, 15) is 19.2 Å². The molecule has 0 saturated heterocycles. The van der Waals surface area contributed by atoms with Gasteiger partial charge in [0.05, 0.1) is 10.9 Å². The van der Waals surface area contributed by atoms with Crippen molar-refractivity contribution >= 4 is 34.2 Å². The molecule has 2 aromatic carbocycles. The molecule has 0 aliphatic rings. The van der Waals surface area contributed by atoms with E-state index in [1.165, 1.54) is 15.0 Å². The van der Waals surface area contributed by atoms with E-state index in [4.69, 9.17) is 0 Å². The number of nitrogens with zero attached hydrogens (tertiary/aromatic N) is 4. The Labute approximate surface area is 207 Å². The minimum absolute atomic E-state index is 0.0792. The van der Waals surface area contributed by atoms with Crippen molar-refractivity contribution in [2.24, 2.45) is 5.92 Å². The Morgan fingerprint density at radius 2 is 1.75 bits per heavy atom. The number of fused-ring (bicyclic) bond motifs is 3. The summed E-state index contributed by atoms with van der Waals surface area (Å²) in [7, 11) is 0. The fraction of sp³-hybridized carbons (Fsp3) is 0.346. The summed E-state index contributed by atoms with van der Waals surface area (Å²) < 4.78 is 3.78. The third-order valence-corrected chi connectivity index (χ3v) is 5.72. The van der Waals surface area contributed by atoms with E-state index in [-0.39, 0.29) is 46.7 Å². The van der Waals surface area contributed by atoms with Crippen LogP contribution in [-0.2, 0) is 17.9 Å². The van der Waals surface area contributed by atoms with Gasteiger partial charge in [-0.2, -0.15) is 0 Å². The average molecular weight is 491 g/mol. The molecule has 36 heavy (non-hydrogen) atoms. The Hall–Kier alpha value is -4.21. The van der Waals surface area contributed by atoms with Crippen molar-refractivity contribution in [3.05, 3.63) is 74.4 Å². The number of hydrogen-bond acceptors (Lipinski definition) is 5. The molecule has 0 bridgehead atoms. The van der Waals surface area contributed by atoms with Gasteiger partial charge in [0.25, 0.3) is 11.5 Å². The van der Waals surface area contributed by atoms with Crippen LogP contribution in [-0.4, -0.2) is 36.6 Å². The molecule has 188 valence electrons. The van der Waals surface area contributed by atoms with Gasteiger partial charge in [0.1, 0.15) is 6.54 Å². The van der Waals surface area contributed by atoms with Crippen LogP contribution >= 0.6 is 0 Å². The van der Waals surface area contributed by atoms with E-state index < -0.39 is 11.6 Å². The molecule has 2 aromatic heterocycles. The first kappa shape index (κ1) is 24.9. The Morgan fingerprint density at radius 1 is 1.03 bits per heavy atom. The Morgan fingerprint density at radius 3 is 2.42 bits per heavy atom. The highest BCUT2D eigenvalue weighted by Gasteiger charge is 2.21. The van der Waals surface area contributed by atoms with Gasteiger partial charge in [-0.3, -0.25) is 19.0 Å². The first-order valence-corrected chi connectivity index (χ1v) is 11.9. The summed E-state index contributed by atoms with van der Waals surface area (Å²) in [6, 6.07) is 11.9. The molecule has 2 heterocycles. The number of aryl methyl sites for hydroxylation is 1. The summed E-state index contributed by atoms with van der Waals surface area (Å²) in [4.78, 5) is 52.2. The zero-order valence-corrected chi connectivity index (χ0v) is 21.0. The molecular weight excluding hydrogens is 460 g/mol. The van der Waals surface area contributed by atoms with Crippen LogP contribution in [0.25, 0.3) is 16.7 Å². The lowest BCUT2D eigenvalue weighted by atomic mass is 10.1. The molecule has 2 N–H and O–H groups in total. The van der Waals surface area contributed by atoms with Crippen molar-refractivity contribution < 1.29 is 9.59 Å². The molecule has 0 radical (unpaired) electrons. The minimum Gasteiger partial charge on any atom is -0.350 e. The van der Waals surface area contributed by atoms with Gasteiger partial charge in [0.15, 0.2) is 0 Å². The number of anilines is 1. The molecule has 0 fully saturated rings. The maximum atomic E-state index is 13.5. The quantitative estimate of drug-likeness (QED) is 0.413. The van der Waals surface area contributed by atoms with Crippen molar-refractivity contribution in [3.63, 3.8) is 0 Å². The topological polar surface area (TPSA) is 120 Å². The molecule has 2 amide bonds. The Balaban J connectivity index is 1.86. The number of para-hydroxylation sites is 1. The predicted molar refractivity (Wildman–Crippen MR) is 138 cm³/mol. The van der Waals surface area contributed by atoms with Gasteiger partial charge in [-0.15, -0.1) is 5.10 Å². The number of aromatic nitrogens is 4. The third kappa shape index (κ3) is 4.79. The van der Waals surface area contributed by atoms with Crippen molar-refractivity contribution in [1.82, 2.24) is 24.1 Å². The van der Waals surface area contributed by atoms with E-state index >= 15 is 0 Å². The summed E-state index contributed by atoms with van der Waals surface area (Å²) in [5, 5.41) is 10.3. The molecule has 0 aliphatic carbocycles. The van der Waals surface area contributed by atoms with Gasteiger partial charge in [0.2, 0.25) is 11.7 Å². The summed E-state index contributed by atoms with van der Waals surface area (Å²) in [6.07, 6.45) is 0. The predicted octanol–water partition coefficient (Wildman–Crippen LogP) is 2.55. The number of nitrogens with one attached hydrogen (secondary N) is 2. The molecule has 0 atom stereocenters. The van der Waals surface area contributed by atoms with Gasteiger partial charge in [0, 0.05) is 23.8 Å². The van der Waals surface area contributed by atoms with Crippen LogP contribution in [0.5, 0.6) is 0 Å². The first-order valence-electron chi connectivity index (χ1n) is 11.9. The molecule has 10 nitrogen and oxygen atoms in total. The molecule has 10 heteroatoms. The monoisotopic (exact) mass is 490 g/mol. The smallest absolute Gasteiger partial charge is 0.350 e. The first-order chi connectivity index (χ1) is 17.1. The molecule has 0 saturated carbocycles. The van der Waals surface area contributed by atoms with Crippen LogP contribution in [0.4, 0.5) is 5.69 Å². The lowest BCUT2D eigenvalue weighted by molar-refractivity contribution is -0.117. The second-order valence-electron chi connectivity index (χ2n) is 9.61. The van der Waals surface area contributed by atoms with Gasteiger partial charge in [-0.05, 0) is 56.5 Å². The Bertz CT molecular complexity index is 1590. The van der Waals surface area contributed by atoms with Gasteiger partial charge in [-0.25, -0.2) is 13.9 Å². The molecule has 0 spiro atoms. The van der Waals surface area contributed by atoms with Crippen molar-refractivity contribution in [3.8, 4) is 0 Å². The summed E-state index contributed by atoms with van der Waals surface area (Å²) in [5.74, 6) is -0.515. The molecule has 4 rings (SSSR count). The maximum absolute atomic E-state index is 13.5. The van der Waals surface area contributed by atoms with Crippen LogP contribution in [0.1, 0.15) is 43.6 Å². The fourth-order valence-corrected chi connectivity index (χ4v) is 4.07. The summed E-state index contributed by atoms with van der Waals surface area (Å²) in [6.45, 7) is 9.47. The highest BCUT2D eigenvalue weighted by atomic mass is 16.2. The second-order valence-corrected chi connectivity index (χ2v) is 9.61. The lowest BCUT2D eigenvalue weighted by Crippen LogP contribution is -2.31. The van der Waals surface area contributed by atoms with Gasteiger partial charge < -0.3 is 10.6 Å². The van der Waals surface area contributed by atoms with Crippen molar-refractivity contribution in [2.75, 3.05) is 5.32 Å². The van der Waals surface area contributed by atoms with Crippen molar-refractivity contribution in [1.29, 1.82) is 0 Å². The van der Waals surface area contributed by atoms with E-state index in [0.717, 1.165) is 10.2 Å². The summed E-state index contributed by atoms with van der Waals surface area (Å²) >= 11 is 0. The standard InChI is InChI=1S/C26H30N6O4/c1-15(2)13-30-24(35)19-11-10-18(23(34)27-16(3)4)12-21(19)32-25(30)29-31(26(32)36)14-22(33)28-20-9-7-6-8-17(20)5/h6-12,15-16H,13-14H2,1-5H3,(H,27,34)(H,28,33). The minimum atomic E-state index is -0.575. The van der Waals surface area contributed by atoms with Crippen LogP contribution in [0.3, 0.4) is 0 Å². The van der Waals surface area contributed by atoms with Crippen molar-refractivity contribution in [2.45, 2.75) is 53.8 Å². The average Bonchev–Trinajstić information content (AvgIpc) is 3.13. The molecular formula is C26H30N6O4. The fourth-order valence-electron chi connectivity index (χ4n) is 4.07. The van der Waals surface area contributed by atoms with Gasteiger partial charge in [-0.1, -0.05) is 32.0 Å². The number of hydrogen-bond donors (Lipinski definition) is 2. The number of amides is 2. The Kier molecular flexibility index (Phi) is 6.78. The van der Waals surface area contributed by atoms with Gasteiger partial charge >= 0.3 is 5.69 Å². The highest BCUT2D eigenvalue weighted by molar-refractivity contribution is 5.98. The molecule has 0 unspecified atom stereocenters.